The van der Waals surface area contributed by atoms with Crippen molar-refractivity contribution in [3.05, 3.63) is 52.3 Å². The van der Waals surface area contributed by atoms with Crippen LogP contribution in [0.5, 0.6) is 5.75 Å². The van der Waals surface area contributed by atoms with Gasteiger partial charge in [0.05, 0.1) is 24.9 Å². The van der Waals surface area contributed by atoms with E-state index in [0.717, 1.165) is 33.3 Å². The van der Waals surface area contributed by atoms with Crippen molar-refractivity contribution in [3.8, 4) is 17.0 Å². The summed E-state index contributed by atoms with van der Waals surface area (Å²) < 4.78 is 5.17. The van der Waals surface area contributed by atoms with Crippen LogP contribution in [-0.4, -0.2) is 23.2 Å². The van der Waals surface area contributed by atoms with Gasteiger partial charge in [-0.3, -0.25) is 9.89 Å². The average molecular weight is 327 g/mol. The van der Waals surface area contributed by atoms with Crippen molar-refractivity contribution < 1.29 is 9.53 Å². The van der Waals surface area contributed by atoms with Crippen molar-refractivity contribution in [2.45, 2.75) is 13.3 Å². The van der Waals surface area contributed by atoms with E-state index in [1.807, 2.05) is 48.7 Å². The van der Waals surface area contributed by atoms with E-state index >= 15 is 0 Å². The van der Waals surface area contributed by atoms with Gasteiger partial charge >= 0.3 is 0 Å². The van der Waals surface area contributed by atoms with Gasteiger partial charge < -0.3 is 10.1 Å². The lowest BCUT2D eigenvalue weighted by Crippen LogP contribution is -2.14. The SMILES string of the molecule is COc1ccc(-c2n[nH]c(C)c2NC(=O)Cc2cccs2)cc1. The van der Waals surface area contributed by atoms with E-state index in [1.54, 1.807) is 18.4 Å². The van der Waals surface area contributed by atoms with E-state index in [2.05, 4.69) is 15.5 Å². The number of aromatic amines is 1. The number of thiophene rings is 1. The normalized spacial score (nSPS) is 10.5. The van der Waals surface area contributed by atoms with Crippen LogP contribution in [0.2, 0.25) is 0 Å². The number of H-pyrrole nitrogens is 1. The highest BCUT2D eigenvalue weighted by molar-refractivity contribution is 7.10. The summed E-state index contributed by atoms with van der Waals surface area (Å²) in [4.78, 5) is 13.3. The molecule has 3 aromatic rings. The third-order valence-corrected chi connectivity index (χ3v) is 4.37. The minimum absolute atomic E-state index is 0.0493. The number of benzene rings is 1. The Morgan fingerprint density at radius 2 is 2.09 bits per heavy atom. The number of amides is 1. The summed E-state index contributed by atoms with van der Waals surface area (Å²) in [5.41, 5.74) is 3.19. The second kappa shape index (κ2) is 6.66. The molecule has 5 nitrogen and oxygen atoms in total. The van der Waals surface area contributed by atoms with Crippen molar-refractivity contribution >= 4 is 22.9 Å². The first kappa shape index (κ1) is 15.3. The molecule has 2 N–H and O–H groups in total. The molecule has 0 fully saturated rings. The summed E-state index contributed by atoms with van der Waals surface area (Å²) in [6, 6.07) is 11.5. The Morgan fingerprint density at radius 1 is 1.30 bits per heavy atom. The van der Waals surface area contributed by atoms with Crippen LogP contribution < -0.4 is 10.1 Å². The molecule has 0 spiro atoms. The lowest BCUT2D eigenvalue weighted by Gasteiger charge is -2.07. The van der Waals surface area contributed by atoms with E-state index < -0.39 is 0 Å². The number of ether oxygens (including phenoxy) is 1. The summed E-state index contributed by atoms with van der Waals surface area (Å²) in [5.74, 6) is 0.732. The number of aromatic nitrogens is 2. The molecule has 2 heterocycles. The zero-order valence-corrected chi connectivity index (χ0v) is 13.7. The van der Waals surface area contributed by atoms with Gasteiger partial charge in [0.25, 0.3) is 0 Å². The Labute approximate surface area is 138 Å². The fourth-order valence-electron chi connectivity index (χ4n) is 2.29. The number of carbonyl (C=O) groups excluding carboxylic acids is 1. The molecule has 0 atom stereocenters. The Hall–Kier alpha value is -2.60. The van der Waals surface area contributed by atoms with E-state index in [-0.39, 0.29) is 5.91 Å². The van der Waals surface area contributed by atoms with Crippen molar-refractivity contribution in [2.75, 3.05) is 12.4 Å². The molecule has 0 radical (unpaired) electrons. The third-order valence-electron chi connectivity index (χ3n) is 3.49. The Kier molecular flexibility index (Phi) is 4.43. The maximum absolute atomic E-state index is 12.2. The quantitative estimate of drug-likeness (QED) is 0.752. The summed E-state index contributed by atoms with van der Waals surface area (Å²) in [5, 5.41) is 12.2. The number of hydrogen-bond donors (Lipinski definition) is 2. The largest absolute Gasteiger partial charge is 0.497 e. The highest BCUT2D eigenvalue weighted by Crippen LogP contribution is 2.29. The number of carbonyl (C=O) groups is 1. The fourth-order valence-corrected chi connectivity index (χ4v) is 3.00. The van der Waals surface area contributed by atoms with Crippen LogP contribution in [0.15, 0.2) is 41.8 Å². The molecule has 0 saturated carbocycles. The Morgan fingerprint density at radius 3 is 2.74 bits per heavy atom. The zero-order valence-electron chi connectivity index (χ0n) is 12.9. The molecular weight excluding hydrogens is 310 g/mol. The van der Waals surface area contributed by atoms with E-state index in [4.69, 9.17) is 4.74 Å². The minimum Gasteiger partial charge on any atom is -0.497 e. The van der Waals surface area contributed by atoms with Crippen LogP contribution in [-0.2, 0) is 11.2 Å². The molecular formula is C17H17N3O2S. The third kappa shape index (κ3) is 3.43. The minimum atomic E-state index is -0.0493. The molecule has 6 heteroatoms. The van der Waals surface area contributed by atoms with E-state index in [1.165, 1.54) is 0 Å². The summed E-state index contributed by atoms with van der Waals surface area (Å²) in [6.45, 7) is 1.89. The molecule has 0 aliphatic rings. The predicted molar refractivity (Wildman–Crippen MR) is 92.0 cm³/mol. The molecule has 1 aromatic carbocycles. The first-order chi connectivity index (χ1) is 11.2. The van der Waals surface area contributed by atoms with Gasteiger partial charge in [-0.15, -0.1) is 11.3 Å². The number of nitrogens with one attached hydrogen (secondary N) is 2. The Bertz CT molecular complexity index is 792. The first-order valence-electron chi connectivity index (χ1n) is 7.19. The van der Waals surface area contributed by atoms with Crippen LogP contribution in [0.4, 0.5) is 5.69 Å². The lowest BCUT2D eigenvalue weighted by molar-refractivity contribution is -0.115. The molecule has 1 amide bonds. The molecule has 0 aliphatic heterocycles. The Balaban J connectivity index is 1.81. The van der Waals surface area contributed by atoms with Gasteiger partial charge in [0.1, 0.15) is 11.4 Å². The molecule has 23 heavy (non-hydrogen) atoms. The van der Waals surface area contributed by atoms with Crippen molar-refractivity contribution in [3.63, 3.8) is 0 Å². The number of anilines is 1. The fraction of sp³-hybridized carbons (Fsp3) is 0.176. The maximum Gasteiger partial charge on any atom is 0.229 e. The summed E-state index contributed by atoms with van der Waals surface area (Å²) in [6.07, 6.45) is 0.365. The molecule has 2 aromatic heterocycles. The summed E-state index contributed by atoms with van der Waals surface area (Å²) in [7, 11) is 1.63. The lowest BCUT2D eigenvalue weighted by atomic mass is 10.1. The predicted octanol–water partition coefficient (Wildman–Crippen LogP) is 3.64. The monoisotopic (exact) mass is 327 g/mol. The van der Waals surface area contributed by atoms with Crippen LogP contribution in [0.3, 0.4) is 0 Å². The second-order valence-corrected chi connectivity index (χ2v) is 6.14. The van der Waals surface area contributed by atoms with Gasteiger partial charge in [-0.25, -0.2) is 0 Å². The molecule has 0 saturated heterocycles. The van der Waals surface area contributed by atoms with Gasteiger partial charge in [0.15, 0.2) is 0 Å². The second-order valence-electron chi connectivity index (χ2n) is 5.11. The van der Waals surface area contributed by atoms with Gasteiger partial charge in [-0.1, -0.05) is 6.07 Å². The van der Waals surface area contributed by atoms with Crippen molar-refractivity contribution in [1.82, 2.24) is 10.2 Å². The van der Waals surface area contributed by atoms with Gasteiger partial charge in [-0.2, -0.15) is 5.10 Å². The standard InChI is InChI=1S/C17H17N3O2S/c1-11-16(18-15(21)10-14-4-3-9-23-14)17(20-19-11)12-5-7-13(22-2)8-6-12/h3-9H,10H2,1-2H3,(H,18,21)(H,19,20). The average Bonchev–Trinajstić information content (AvgIpc) is 3.18. The number of aryl methyl sites for hydroxylation is 1. The molecule has 118 valence electrons. The van der Waals surface area contributed by atoms with Crippen LogP contribution in [0, 0.1) is 6.92 Å². The first-order valence-corrected chi connectivity index (χ1v) is 8.07. The van der Waals surface area contributed by atoms with Crippen molar-refractivity contribution in [2.24, 2.45) is 0 Å². The number of rotatable bonds is 5. The highest BCUT2D eigenvalue weighted by Gasteiger charge is 2.15. The molecule has 0 aliphatic carbocycles. The smallest absolute Gasteiger partial charge is 0.229 e. The van der Waals surface area contributed by atoms with Crippen LogP contribution >= 0.6 is 11.3 Å². The van der Waals surface area contributed by atoms with E-state index in [0.29, 0.717) is 6.42 Å². The molecule has 0 bridgehead atoms. The number of hydrogen-bond acceptors (Lipinski definition) is 4. The van der Waals surface area contributed by atoms with E-state index in [9.17, 15) is 4.79 Å². The van der Waals surface area contributed by atoms with Crippen LogP contribution in [0.1, 0.15) is 10.6 Å². The zero-order chi connectivity index (χ0) is 16.2. The highest BCUT2D eigenvalue weighted by atomic mass is 32.1. The van der Waals surface area contributed by atoms with Gasteiger partial charge in [0.2, 0.25) is 5.91 Å². The number of nitrogens with zero attached hydrogens (tertiary/aromatic N) is 1. The van der Waals surface area contributed by atoms with Crippen molar-refractivity contribution in [1.29, 1.82) is 0 Å². The molecule has 3 rings (SSSR count). The van der Waals surface area contributed by atoms with Crippen LogP contribution in [0.25, 0.3) is 11.3 Å². The molecule has 0 unspecified atom stereocenters. The van der Waals surface area contributed by atoms with Gasteiger partial charge in [0, 0.05) is 10.4 Å². The topological polar surface area (TPSA) is 67.0 Å². The summed E-state index contributed by atoms with van der Waals surface area (Å²) >= 11 is 1.57. The van der Waals surface area contributed by atoms with Gasteiger partial charge in [-0.05, 0) is 42.6 Å². The maximum atomic E-state index is 12.2. The number of methoxy groups -OCH3 is 1.